The minimum absolute atomic E-state index is 0.00477. The van der Waals surface area contributed by atoms with E-state index in [1.165, 1.54) is 56.2 Å². The molecule has 2 atom stereocenters. The molecule has 9 aromatic heterocycles. The Morgan fingerprint density at radius 1 is 0.500 bits per heavy atom. The van der Waals surface area contributed by atoms with Gasteiger partial charge in [-0.1, -0.05) is 103 Å². The van der Waals surface area contributed by atoms with E-state index in [2.05, 4.69) is 75.2 Å². The van der Waals surface area contributed by atoms with Gasteiger partial charge in [0, 0.05) is 86.6 Å². The average molecular weight is 1650 g/mol. The van der Waals surface area contributed by atoms with Crippen molar-refractivity contribution in [1.82, 2.24) is 88.6 Å². The third-order valence-corrected chi connectivity index (χ3v) is 20.3. The van der Waals surface area contributed by atoms with Crippen molar-refractivity contribution >= 4 is 84.1 Å². The van der Waals surface area contributed by atoms with Gasteiger partial charge in [-0.2, -0.15) is 4.98 Å². The Labute approximate surface area is 695 Å². The molecule has 3 fully saturated rings. The second-order valence-electron chi connectivity index (χ2n) is 29.9. The topological polar surface area (TPSA) is 344 Å². The van der Waals surface area contributed by atoms with Gasteiger partial charge in [-0.15, -0.1) is 0 Å². The number of fused-ring (bicyclic) bond motifs is 3. The van der Waals surface area contributed by atoms with Crippen molar-refractivity contribution in [2.45, 2.75) is 140 Å². The zero-order valence-corrected chi connectivity index (χ0v) is 70.3. The van der Waals surface area contributed by atoms with Gasteiger partial charge in [0.05, 0.1) is 56.9 Å². The number of nitrogens with zero attached hydrogens (tertiary/aromatic N) is 16. The van der Waals surface area contributed by atoms with Gasteiger partial charge < -0.3 is 33.7 Å². The van der Waals surface area contributed by atoms with Gasteiger partial charge in [0.15, 0.2) is 38.9 Å². The first-order valence-corrected chi connectivity index (χ1v) is 39.5. The zero-order chi connectivity index (χ0) is 87.0. The maximum absolute atomic E-state index is 14.9. The number of hydrogen-bond donors (Lipinski definition) is 3. The minimum atomic E-state index is -0.728. The van der Waals surface area contributed by atoms with Crippen LogP contribution in [-0.2, 0) is 23.3 Å². The first-order valence-electron chi connectivity index (χ1n) is 39.1. The van der Waals surface area contributed by atoms with E-state index in [1.807, 2.05) is 106 Å². The smallest absolute Gasteiger partial charge is 0.426 e. The molecular formula is C84H92B3ClF3N19O10. The summed E-state index contributed by atoms with van der Waals surface area (Å²) in [6.07, 6.45) is 7.72. The molecule has 12 aromatic rings. The predicted octanol–water partition coefficient (Wildman–Crippen LogP) is 11.9. The lowest BCUT2D eigenvalue weighted by atomic mass is 9.74. The molecular weight excluding hydrogens is 1560 g/mol. The highest BCUT2D eigenvalue weighted by atomic mass is 35.5. The Bertz CT molecular complexity index is 6010. The molecule has 36 heteroatoms. The number of pyridine rings is 3. The third-order valence-electron chi connectivity index (χ3n) is 20.0. The number of amides is 2. The summed E-state index contributed by atoms with van der Waals surface area (Å²) in [6.45, 7) is 41.3. The van der Waals surface area contributed by atoms with Gasteiger partial charge in [0.2, 0.25) is 11.8 Å². The number of halogens is 4. The van der Waals surface area contributed by atoms with E-state index in [0.29, 0.717) is 88.1 Å². The lowest BCUT2D eigenvalue weighted by Crippen LogP contribution is -2.54. The lowest BCUT2D eigenvalue weighted by Gasteiger charge is -2.40. The molecule has 3 saturated heterocycles. The predicted molar refractivity (Wildman–Crippen MR) is 461 cm³/mol. The SMILES string of the molecule is C=CC(=O)N1CCN(c2nc(=O)n(-c3c(C)ccnc3C(C)C)c3nc(-c4ccccc4F)c(C)nc23)[C@@H](C)C1.C=CC(=O)N1CCN[C@@H](C)C1.CB1OB(C)OB(C)O1.Cc1ccnc(C(C)C)c1-n1c(=O)[nH]c(=O)c2nc(C)c(-c3ccccc3F)nc21.Cc1ccnc(C(C)C)c1-n1c(=O)[nH]c(=O)c2nc(Cl)c(-c3ccccc3F)nc21. The standard InChI is InChI=1S/C30H32FN7O2.C22H20FN5O2.C21H17ClFN5O2.C8H14N2O.C3H9B3O3/c1-7-23(39)36-14-15-37(19(5)16-36)28-26-29(34-25(20(6)33-26)21-10-8-9-11-22(21)31)38(30(40)35-28)27-18(4)12-13-32-24(27)17(2)3;1-11(2)16-19(12(3)9-10-24-16)28-20-18(21(29)27-22(28)30)25-13(4)17(26-20)14-7-5-6-8-15(14)23;1-10(2)14-17(11(3)8-9-24-14)28-19-16(20(29)27-21(28)30)25-18(22)15(26-19)12-6-4-5-7-13(12)23;1-3-8(11)10-5-4-9-7(2)6-10;1-4-7-5(2)9-6(3)8-4/h7-13,17,19H,1,14-16H2,2-6H3;5-11H,1-4H3,(H,27,29,30);4-10H,1-3H3,(H,27,29,30);3,7,9H,1,4-6H2,2H3;1-3H3/t19-;;;7-;/m0..0./s1. The Morgan fingerprint density at radius 2 is 0.875 bits per heavy atom. The second kappa shape index (κ2) is 38.2. The van der Waals surface area contributed by atoms with Gasteiger partial charge in [-0.25, -0.2) is 71.2 Å². The Balaban J connectivity index is 0.000000159. The molecule has 0 aliphatic carbocycles. The molecule has 120 heavy (non-hydrogen) atoms. The average Bonchev–Trinajstić information content (AvgIpc) is 0.743. The van der Waals surface area contributed by atoms with Crippen molar-refractivity contribution in [2.75, 3.05) is 44.2 Å². The summed E-state index contributed by atoms with van der Waals surface area (Å²) < 4.78 is 63.1. The number of hydrogen-bond acceptors (Lipinski definition) is 22. The first-order chi connectivity index (χ1) is 57.1. The minimum Gasteiger partial charge on any atom is -0.453 e. The molecule has 15 rings (SSSR count). The highest BCUT2D eigenvalue weighted by molar-refractivity contribution is 6.72. The summed E-state index contributed by atoms with van der Waals surface area (Å²) in [5, 5.41) is 3.12. The second-order valence-corrected chi connectivity index (χ2v) is 30.3. The van der Waals surface area contributed by atoms with Crippen molar-refractivity contribution in [1.29, 1.82) is 0 Å². The Morgan fingerprint density at radius 3 is 1.27 bits per heavy atom. The van der Waals surface area contributed by atoms with Crippen LogP contribution in [0.25, 0.3) is 84.3 Å². The maximum Gasteiger partial charge on any atom is 0.426 e. The number of benzene rings is 3. The number of H-pyrrole nitrogens is 2. The van der Waals surface area contributed by atoms with Gasteiger partial charge in [0.1, 0.15) is 28.7 Å². The van der Waals surface area contributed by atoms with Gasteiger partial charge in [-0.05, 0) is 170 Å². The van der Waals surface area contributed by atoms with Gasteiger partial charge in [0.25, 0.3) is 11.1 Å². The molecule has 620 valence electrons. The van der Waals surface area contributed by atoms with Crippen molar-refractivity contribution in [3.63, 3.8) is 0 Å². The number of aryl methyl sites for hydroxylation is 5. The summed E-state index contributed by atoms with van der Waals surface area (Å²) in [4.78, 5) is 143. The number of aromatic nitrogens is 15. The Kier molecular flexibility index (Phi) is 28.2. The Hall–Kier alpha value is -12.3. The van der Waals surface area contributed by atoms with Crippen LogP contribution in [0.1, 0.15) is 118 Å². The molecule has 0 spiro atoms. The lowest BCUT2D eigenvalue weighted by molar-refractivity contribution is -0.127. The van der Waals surface area contributed by atoms with E-state index in [0.717, 1.165) is 42.0 Å². The molecule has 0 bridgehead atoms. The molecule has 0 radical (unpaired) electrons. The van der Waals surface area contributed by atoms with Crippen LogP contribution in [0.15, 0.2) is 159 Å². The number of nitrogens with one attached hydrogen (secondary N) is 3. The van der Waals surface area contributed by atoms with Gasteiger partial charge in [-0.3, -0.25) is 44.1 Å². The summed E-state index contributed by atoms with van der Waals surface area (Å²) >= 11 is 6.24. The molecule has 0 saturated carbocycles. The van der Waals surface area contributed by atoms with Crippen LogP contribution in [0, 0.1) is 52.1 Å². The first kappa shape index (κ1) is 88.5. The summed E-state index contributed by atoms with van der Waals surface area (Å²) in [5.41, 5.74) is 5.61. The number of rotatable bonds is 12. The van der Waals surface area contributed by atoms with Crippen LogP contribution in [-0.4, -0.2) is 168 Å². The number of carbonyl (C=O) groups is 2. The quantitative estimate of drug-likeness (QED) is 0.0755. The zero-order valence-electron chi connectivity index (χ0n) is 69.6. The summed E-state index contributed by atoms with van der Waals surface area (Å²) in [5.74, 6) is -1.15. The monoisotopic (exact) mass is 1650 g/mol. The fourth-order valence-corrected chi connectivity index (χ4v) is 14.6. The van der Waals surface area contributed by atoms with Crippen LogP contribution in [0.4, 0.5) is 19.0 Å². The molecule has 29 nitrogen and oxygen atoms in total. The van der Waals surface area contributed by atoms with Crippen LogP contribution in [0.3, 0.4) is 0 Å². The molecule has 12 heterocycles. The van der Waals surface area contributed by atoms with E-state index in [-0.39, 0.29) is 113 Å². The summed E-state index contributed by atoms with van der Waals surface area (Å²) in [7, 11) is -0.406. The number of anilines is 1. The summed E-state index contributed by atoms with van der Waals surface area (Å²) in [6, 6.07) is 24.1. The molecule has 2 amide bonds. The molecule has 3 aliphatic heterocycles. The van der Waals surface area contributed by atoms with Crippen molar-refractivity contribution in [2.24, 2.45) is 0 Å². The third kappa shape index (κ3) is 19.2. The largest absolute Gasteiger partial charge is 0.453 e. The number of aromatic amines is 2. The number of carbonyl (C=O) groups excluding carboxylic acids is 2. The van der Waals surface area contributed by atoms with E-state index in [1.54, 1.807) is 91.9 Å². The molecule has 3 N–H and O–H groups in total. The normalized spacial score (nSPS) is 14.8. The van der Waals surface area contributed by atoms with E-state index in [9.17, 15) is 46.7 Å². The van der Waals surface area contributed by atoms with Crippen LogP contribution in [0.2, 0.25) is 25.6 Å². The fourth-order valence-electron chi connectivity index (χ4n) is 14.3. The van der Waals surface area contributed by atoms with Crippen molar-refractivity contribution < 1.29 is 36.5 Å². The fraction of sp³-hybridized carbons (Fsp3) is 0.321. The molecule has 3 aliphatic rings. The van der Waals surface area contributed by atoms with E-state index in [4.69, 9.17) is 35.3 Å². The van der Waals surface area contributed by atoms with E-state index < -0.39 is 45.6 Å². The van der Waals surface area contributed by atoms with Crippen LogP contribution in [0.5, 0.6) is 0 Å². The molecule has 0 unspecified atom stereocenters. The van der Waals surface area contributed by atoms with Gasteiger partial charge >= 0.3 is 38.4 Å². The molecule has 3 aromatic carbocycles. The van der Waals surface area contributed by atoms with E-state index >= 15 is 0 Å². The highest BCUT2D eigenvalue weighted by Crippen LogP contribution is 2.36. The number of piperazine rings is 2. The van der Waals surface area contributed by atoms with Crippen LogP contribution < -0.4 is 38.4 Å². The highest BCUT2D eigenvalue weighted by Gasteiger charge is 2.34. The maximum atomic E-state index is 14.9. The van der Waals surface area contributed by atoms with Crippen molar-refractivity contribution in [3.05, 3.63) is 255 Å². The van der Waals surface area contributed by atoms with Crippen molar-refractivity contribution in [3.8, 4) is 50.8 Å². The van der Waals surface area contributed by atoms with Crippen LogP contribution >= 0.6 is 11.6 Å².